The second-order valence-electron chi connectivity index (χ2n) is 11.2. The van der Waals surface area contributed by atoms with Gasteiger partial charge in [-0.05, 0) is 52.8 Å². The minimum absolute atomic E-state index is 0.00512. The first kappa shape index (κ1) is 34.6. The number of carbonyl (C=O) groups is 2. The van der Waals surface area contributed by atoms with Crippen molar-refractivity contribution in [1.29, 1.82) is 0 Å². The standard InChI is InChI=1S/C35H44N2O7S/c38-17-18-45-24-31-21-32(27-15-13-25(23-39)14-16-27)44-35(43-31)30-10-6-9-29(20-30)28-8-5-7-26(19-28)22-36-33(40)11-3-1-2-4-12-34(41)37-42/h5-10,13-16,19-20,31-32,35,38-39,42H,1-4,11-12,17-18,21-24H2,(H,36,40)(H,37,41). The molecule has 1 heterocycles. The number of hydroxylamine groups is 1. The lowest BCUT2D eigenvalue weighted by Gasteiger charge is -2.36. The molecular weight excluding hydrogens is 592 g/mol. The number of rotatable bonds is 17. The number of aliphatic hydroxyl groups excluding tert-OH is 2. The molecule has 1 aliphatic heterocycles. The fourth-order valence-corrected chi connectivity index (χ4v) is 6.07. The Morgan fingerprint density at radius 2 is 1.51 bits per heavy atom. The van der Waals surface area contributed by atoms with Gasteiger partial charge in [0.15, 0.2) is 6.29 Å². The molecule has 0 spiro atoms. The molecule has 45 heavy (non-hydrogen) atoms. The number of ether oxygens (including phenoxy) is 2. The third-order valence-corrected chi connectivity index (χ3v) is 8.82. The molecule has 0 radical (unpaired) electrons. The van der Waals surface area contributed by atoms with Crippen LogP contribution in [-0.2, 0) is 32.2 Å². The summed E-state index contributed by atoms with van der Waals surface area (Å²) in [4.78, 5) is 23.4. The van der Waals surface area contributed by atoms with E-state index in [0.29, 0.717) is 31.6 Å². The highest BCUT2D eigenvalue weighted by molar-refractivity contribution is 7.99. The van der Waals surface area contributed by atoms with Gasteiger partial charge in [0.25, 0.3) is 0 Å². The zero-order chi connectivity index (χ0) is 31.9. The second-order valence-corrected chi connectivity index (χ2v) is 12.4. The highest BCUT2D eigenvalue weighted by Gasteiger charge is 2.32. The van der Waals surface area contributed by atoms with Crippen LogP contribution in [0.2, 0.25) is 0 Å². The molecular formula is C35H44N2O7S. The molecule has 0 aromatic heterocycles. The Morgan fingerprint density at radius 3 is 2.22 bits per heavy atom. The molecule has 5 N–H and O–H groups in total. The largest absolute Gasteiger partial charge is 0.396 e. The van der Waals surface area contributed by atoms with Crippen LogP contribution in [-0.4, -0.2) is 51.5 Å². The Bertz CT molecular complexity index is 1350. The maximum atomic E-state index is 12.4. The number of carbonyl (C=O) groups excluding carboxylic acids is 2. The van der Waals surface area contributed by atoms with Gasteiger partial charge in [0.2, 0.25) is 11.8 Å². The minimum Gasteiger partial charge on any atom is -0.396 e. The molecule has 1 aliphatic rings. The van der Waals surface area contributed by atoms with Crippen LogP contribution < -0.4 is 10.8 Å². The number of benzene rings is 3. The maximum absolute atomic E-state index is 12.4. The molecule has 1 saturated heterocycles. The molecule has 10 heteroatoms. The quantitative estimate of drug-likeness (QED) is 0.0736. The van der Waals surface area contributed by atoms with Crippen molar-refractivity contribution in [1.82, 2.24) is 10.8 Å². The molecule has 3 unspecified atom stereocenters. The van der Waals surface area contributed by atoms with E-state index >= 15 is 0 Å². The molecule has 9 nitrogen and oxygen atoms in total. The molecule has 3 aromatic rings. The van der Waals surface area contributed by atoms with E-state index in [4.69, 9.17) is 14.7 Å². The average Bonchev–Trinajstić information content (AvgIpc) is 3.09. The van der Waals surface area contributed by atoms with Crippen molar-refractivity contribution in [2.75, 3.05) is 18.1 Å². The molecule has 2 amide bonds. The van der Waals surface area contributed by atoms with Crippen LogP contribution in [0.25, 0.3) is 11.1 Å². The summed E-state index contributed by atoms with van der Waals surface area (Å²) < 4.78 is 12.9. The van der Waals surface area contributed by atoms with Crippen LogP contribution in [0.1, 0.15) is 79.6 Å². The first-order valence-corrected chi connectivity index (χ1v) is 16.7. The summed E-state index contributed by atoms with van der Waals surface area (Å²) in [5, 5.41) is 30.2. The van der Waals surface area contributed by atoms with E-state index in [2.05, 4.69) is 17.4 Å². The Balaban J connectivity index is 1.37. The summed E-state index contributed by atoms with van der Waals surface area (Å²) in [5.41, 5.74) is 7.48. The zero-order valence-corrected chi connectivity index (χ0v) is 26.3. The van der Waals surface area contributed by atoms with Crippen molar-refractivity contribution in [3.63, 3.8) is 0 Å². The third-order valence-electron chi connectivity index (χ3n) is 7.75. The number of nitrogens with one attached hydrogen (secondary N) is 2. The van der Waals surface area contributed by atoms with E-state index < -0.39 is 6.29 Å². The summed E-state index contributed by atoms with van der Waals surface area (Å²) in [6, 6.07) is 24.1. The molecule has 3 aromatic carbocycles. The Labute approximate surface area is 269 Å². The van der Waals surface area contributed by atoms with Crippen LogP contribution in [0.5, 0.6) is 0 Å². The number of unbranched alkanes of at least 4 members (excludes halogenated alkanes) is 3. The van der Waals surface area contributed by atoms with Gasteiger partial charge in [0.05, 0.1) is 25.4 Å². The van der Waals surface area contributed by atoms with Gasteiger partial charge in [0, 0.05) is 42.9 Å². The number of thioether (sulfide) groups is 1. The van der Waals surface area contributed by atoms with Gasteiger partial charge in [-0.1, -0.05) is 73.5 Å². The van der Waals surface area contributed by atoms with Crippen molar-refractivity contribution < 1.29 is 34.5 Å². The van der Waals surface area contributed by atoms with Gasteiger partial charge < -0.3 is 25.0 Å². The SMILES string of the molecule is O=C(CCCCCCC(=O)NCc1cccc(-c2cccc(C3OC(CSCCO)CC(c4ccc(CO)cc4)O3)c2)c1)NO. The van der Waals surface area contributed by atoms with Gasteiger partial charge in [-0.2, -0.15) is 11.8 Å². The van der Waals surface area contributed by atoms with Gasteiger partial charge in [-0.15, -0.1) is 0 Å². The van der Waals surface area contributed by atoms with Crippen molar-refractivity contribution >= 4 is 23.6 Å². The van der Waals surface area contributed by atoms with E-state index in [1.807, 2.05) is 60.7 Å². The van der Waals surface area contributed by atoms with E-state index in [-0.39, 0.29) is 43.7 Å². The normalized spacial score (nSPS) is 18.0. The van der Waals surface area contributed by atoms with Gasteiger partial charge in [0.1, 0.15) is 0 Å². The highest BCUT2D eigenvalue weighted by Crippen LogP contribution is 2.39. The van der Waals surface area contributed by atoms with Gasteiger partial charge >= 0.3 is 0 Å². The summed E-state index contributed by atoms with van der Waals surface area (Å²) in [7, 11) is 0. The van der Waals surface area contributed by atoms with E-state index in [0.717, 1.165) is 58.4 Å². The van der Waals surface area contributed by atoms with Crippen molar-refractivity contribution in [3.05, 3.63) is 95.1 Å². The molecule has 1 fully saturated rings. The molecule has 4 rings (SSSR count). The Hall–Kier alpha value is -3.25. The molecule has 0 aliphatic carbocycles. The lowest BCUT2D eigenvalue weighted by atomic mass is 9.99. The lowest BCUT2D eigenvalue weighted by Crippen LogP contribution is -2.31. The average molecular weight is 637 g/mol. The van der Waals surface area contributed by atoms with Crippen LogP contribution >= 0.6 is 11.8 Å². The van der Waals surface area contributed by atoms with Crippen molar-refractivity contribution in [2.24, 2.45) is 0 Å². The second kappa shape index (κ2) is 18.7. The Morgan fingerprint density at radius 1 is 0.800 bits per heavy atom. The highest BCUT2D eigenvalue weighted by atomic mass is 32.2. The first-order chi connectivity index (χ1) is 22.0. The summed E-state index contributed by atoms with van der Waals surface area (Å²) in [6.07, 6.45) is 3.76. The molecule has 242 valence electrons. The Kier molecular flexibility index (Phi) is 14.4. The van der Waals surface area contributed by atoms with Crippen LogP contribution in [0.15, 0.2) is 72.8 Å². The molecule has 0 saturated carbocycles. The van der Waals surface area contributed by atoms with Crippen molar-refractivity contribution in [3.8, 4) is 11.1 Å². The van der Waals surface area contributed by atoms with Gasteiger partial charge in [-0.25, -0.2) is 5.48 Å². The predicted octanol–water partition coefficient (Wildman–Crippen LogP) is 5.58. The van der Waals surface area contributed by atoms with Crippen LogP contribution in [0.4, 0.5) is 0 Å². The topological polar surface area (TPSA) is 137 Å². The predicted molar refractivity (Wildman–Crippen MR) is 174 cm³/mol. The fourth-order valence-electron chi connectivity index (χ4n) is 5.30. The monoisotopic (exact) mass is 636 g/mol. The summed E-state index contributed by atoms with van der Waals surface area (Å²) in [6.45, 7) is 0.555. The van der Waals surface area contributed by atoms with Crippen molar-refractivity contribution in [2.45, 2.75) is 76.6 Å². The number of hydrogen-bond acceptors (Lipinski definition) is 8. The van der Waals surface area contributed by atoms with E-state index in [9.17, 15) is 19.8 Å². The maximum Gasteiger partial charge on any atom is 0.243 e. The van der Waals surface area contributed by atoms with Gasteiger partial charge in [-0.3, -0.25) is 14.8 Å². The summed E-state index contributed by atoms with van der Waals surface area (Å²) >= 11 is 1.66. The third kappa shape index (κ3) is 11.2. The lowest BCUT2D eigenvalue weighted by molar-refractivity contribution is -0.245. The van der Waals surface area contributed by atoms with Crippen LogP contribution in [0, 0.1) is 0 Å². The number of aliphatic hydroxyl groups is 2. The number of hydrogen-bond donors (Lipinski definition) is 5. The smallest absolute Gasteiger partial charge is 0.243 e. The number of amides is 2. The zero-order valence-electron chi connectivity index (χ0n) is 25.5. The van der Waals surface area contributed by atoms with E-state index in [1.54, 1.807) is 17.2 Å². The molecule has 3 atom stereocenters. The summed E-state index contributed by atoms with van der Waals surface area (Å²) in [5.74, 6) is 1.02. The van der Waals surface area contributed by atoms with E-state index in [1.165, 1.54) is 0 Å². The first-order valence-electron chi connectivity index (χ1n) is 15.6. The fraction of sp³-hybridized carbons (Fsp3) is 0.429. The van der Waals surface area contributed by atoms with Crippen LogP contribution in [0.3, 0.4) is 0 Å². The molecule has 0 bridgehead atoms. The minimum atomic E-state index is -0.560.